The van der Waals surface area contributed by atoms with Crippen molar-refractivity contribution in [1.29, 1.82) is 0 Å². The molecule has 4 amide bonds. The molecule has 0 bridgehead atoms. The van der Waals surface area contributed by atoms with E-state index in [1.807, 2.05) is 18.2 Å². The van der Waals surface area contributed by atoms with E-state index < -0.39 is 39.7 Å². The lowest BCUT2D eigenvalue weighted by Gasteiger charge is -2.43. The molecular weight excluding hydrogens is 921 g/mol. The summed E-state index contributed by atoms with van der Waals surface area (Å²) < 4.78 is 39.2. The number of aromatic nitrogens is 2. The standard InChI is InChI=1S/C45H51BrN10O8S/c1-27-24-33(49-45-47-26-31(46)41(51-45)48-32-8-4-6-28-12-17-55(40(28)32)65(3,61)62)37(63-2)25-35(27)54-15-13-29(14-16-54)53-20-18-52(19-21-53)22-23-64-36-9-5-7-30-39(36)44(60)56(43(30)59)34-10-11-38(57)50-42(34)58/h4-9,24-26,29,34H,10-23H2,1-3H3,(H,50,57,58)(H2,47,48,49,51). The average molecular weight is 972 g/mol. The highest BCUT2D eigenvalue weighted by molar-refractivity contribution is 9.10. The second-order valence-electron chi connectivity index (χ2n) is 16.9. The third kappa shape index (κ3) is 8.95. The minimum absolute atomic E-state index is 0.0620. The Kier molecular flexibility index (Phi) is 12.4. The fourth-order valence-electron chi connectivity index (χ4n) is 9.61. The quantitative estimate of drug-likeness (QED) is 0.159. The number of piperazine rings is 1. The van der Waals surface area contributed by atoms with Crippen LogP contribution in [0, 0.1) is 6.92 Å². The number of halogens is 1. The second-order valence-corrected chi connectivity index (χ2v) is 19.7. The summed E-state index contributed by atoms with van der Waals surface area (Å²) in [7, 11) is -1.81. The number of rotatable bonds is 13. The first kappa shape index (κ1) is 44.4. The van der Waals surface area contributed by atoms with Crippen molar-refractivity contribution in [2.45, 2.75) is 51.1 Å². The van der Waals surface area contributed by atoms with Crippen molar-refractivity contribution in [2.24, 2.45) is 0 Å². The minimum Gasteiger partial charge on any atom is -0.494 e. The van der Waals surface area contributed by atoms with E-state index in [0.717, 1.165) is 79.5 Å². The molecule has 5 aliphatic heterocycles. The van der Waals surface area contributed by atoms with Gasteiger partial charge in [0, 0.05) is 82.8 Å². The molecular formula is C45H51BrN10O8S. The van der Waals surface area contributed by atoms with Crippen molar-refractivity contribution in [3.8, 4) is 11.5 Å². The number of methoxy groups -OCH3 is 1. The van der Waals surface area contributed by atoms with Crippen LogP contribution in [0.25, 0.3) is 0 Å². The molecule has 6 heterocycles. The highest BCUT2D eigenvalue weighted by atomic mass is 79.9. The van der Waals surface area contributed by atoms with Gasteiger partial charge in [-0.15, -0.1) is 0 Å². The molecule has 0 spiro atoms. The van der Waals surface area contributed by atoms with Crippen molar-refractivity contribution in [3.63, 3.8) is 0 Å². The summed E-state index contributed by atoms with van der Waals surface area (Å²) in [5.74, 6) is -0.383. The Morgan fingerprint density at radius 2 is 1.65 bits per heavy atom. The van der Waals surface area contributed by atoms with Gasteiger partial charge in [0.25, 0.3) is 11.8 Å². The number of benzene rings is 3. The summed E-state index contributed by atoms with van der Waals surface area (Å²) in [4.78, 5) is 68.4. The van der Waals surface area contributed by atoms with Crippen LogP contribution in [0.15, 0.2) is 59.2 Å². The van der Waals surface area contributed by atoms with Crippen LogP contribution in [0.1, 0.15) is 57.5 Å². The van der Waals surface area contributed by atoms with E-state index in [9.17, 15) is 27.6 Å². The number of nitrogens with zero attached hydrogens (tertiary/aromatic N) is 7. The molecule has 20 heteroatoms. The number of aryl methyl sites for hydroxylation is 1. The van der Waals surface area contributed by atoms with Crippen molar-refractivity contribution >= 4 is 84.1 Å². The molecule has 1 aromatic heterocycles. The molecule has 0 radical (unpaired) electrons. The van der Waals surface area contributed by atoms with Crippen molar-refractivity contribution in [2.75, 3.05) is 92.2 Å². The number of sulfonamides is 1. The molecule has 1 unspecified atom stereocenters. The third-order valence-corrected chi connectivity index (χ3v) is 14.7. The maximum Gasteiger partial charge on any atom is 0.266 e. The first-order valence-electron chi connectivity index (χ1n) is 21.8. The van der Waals surface area contributed by atoms with E-state index in [4.69, 9.17) is 14.5 Å². The van der Waals surface area contributed by atoms with Gasteiger partial charge in [-0.1, -0.05) is 18.2 Å². The number of carbonyl (C=O) groups is 4. The largest absolute Gasteiger partial charge is 0.494 e. The number of piperidine rings is 2. The van der Waals surface area contributed by atoms with Gasteiger partial charge in [0.05, 0.1) is 46.0 Å². The first-order chi connectivity index (χ1) is 31.3. The fourth-order valence-corrected chi connectivity index (χ4v) is 10.9. The number of hydrogen-bond donors (Lipinski definition) is 3. The second kappa shape index (κ2) is 18.2. The Labute approximate surface area is 385 Å². The maximum absolute atomic E-state index is 13.5. The summed E-state index contributed by atoms with van der Waals surface area (Å²) in [6.45, 7) is 8.95. The van der Waals surface area contributed by atoms with Crippen LogP contribution in [-0.2, 0) is 26.0 Å². The van der Waals surface area contributed by atoms with Gasteiger partial charge < -0.3 is 25.0 Å². The number of nitrogens with one attached hydrogen (secondary N) is 3. The summed E-state index contributed by atoms with van der Waals surface area (Å²) >= 11 is 3.55. The predicted molar refractivity (Wildman–Crippen MR) is 248 cm³/mol. The lowest BCUT2D eigenvalue weighted by Crippen LogP contribution is -2.54. The SMILES string of the molecule is COc1cc(N2CCC(N3CCN(CCOc4cccc5c4C(=O)N(C4CCC(=O)NC4=O)C5=O)CC3)CC2)c(C)cc1Nc1ncc(Br)c(Nc2cccc3c2N(S(C)(=O)=O)CC3)n1. The zero-order chi connectivity index (χ0) is 45.6. The van der Waals surface area contributed by atoms with E-state index in [0.29, 0.717) is 71.3 Å². The number of ether oxygens (including phenoxy) is 2. The van der Waals surface area contributed by atoms with Gasteiger partial charge in [0.1, 0.15) is 30.0 Å². The molecule has 1 atom stereocenters. The van der Waals surface area contributed by atoms with Gasteiger partial charge >= 0.3 is 0 Å². The maximum atomic E-state index is 13.5. The smallest absolute Gasteiger partial charge is 0.266 e. The van der Waals surface area contributed by atoms with Crippen LogP contribution in [-0.4, -0.2) is 141 Å². The molecule has 3 N–H and O–H groups in total. The van der Waals surface area contributed by atoms with Gasteiger partial charge in [-0.2, -0.15) is 4.98 Å². The van der Waals surface area contributed by atoms with Gasteiger partial charge in [-0.05, 0) is 83.9 Å². The monoisotopic (exact) mass is 970 g/mol. The minimum atomic E-state index is -3.46. The highest BCUT2D eigenvalue weighted by Gasteiger charge is 2.46. The van der Waals surface area contributed by atoms with Crippen LogP contribution in [0.5, 0.6) is 11.5 Å². The summed E-state index contributed by atoms with van der Waals surface area (Å²) in [5.41, 5.74) is 5.50. The number of hydrogen-bond acceptors (Lipinski definition) is 15. The summed E-state index contributed by atoms with van der Waals surface area (Å²) in [6.07, 6.45) is 5.72. The Morgan fingerprint density at radius 3 is 2.38 bits per heavy atom. The predicted octanol–water partition coefficient (Wildman–Crippen LogP) is 4.43. The molecule has 18 nitrogen and oxygen atoms in total. The lowest BCUT2D eigenvalue weighted by molar-refractivity contribution is -0.136. The Bertz CT molecular complexity index is 2670. The Morgan fingerprint density at radius 1 is 0.877 bits per heavy atom. The first-order valence-corrected chi connectivity index (χ1v) is 24.4. The van der Waals surface area contributed by atoms with Crippen molar-refractivity contribution in [3.05, 3.63) is 81.5 Å². The third-order valence-electron chi connectivity index (χ3n) is 12.9. The highest BCUT2D eigenvalue weighted by Crippen LogP contribution is 2.41. The fraction of sp³-hybridized carbons (Fsp3) is 0.422. The van der Waals surface area contributed by atoms with Crippen LogP contribution in [0.4, 0.5) is 34.5 Å². The van der Waals surface area contributed by atoms with E-state index in [-0.39, 0.29) is 24.0 Å². The van der Waals surface area contributed by atoms with Crippen LogP contribution in [0.2, 0.25) is 0 Å². The van der Waals surface area contributed by atoms with Crippen molar-refractivity contribution in [1.82, 2.24) is 30.0 Å². The van der Waals surface area contributed by atoms with Gasteiger partial charge in [0.15, 0.2) is 0 Å². The lowest BCUT2D eigenvalue weighted by atomic mass is 10.0. The Balaban J connectivity index is 0.766. The molecule has 3 aromatic carbocycles. The Hall–Kier alpha value is -5.83. The molecule has 4 aromatic rings. The summed E-state index contributed by atoms with van der Waals surface area (Å²) in [6, 6.07) is 14.2. The van der Waals surface area contributed by atoms with Crippen LogP contribution >= 0.6 is 15.9 Å². The van der Waals surface area contributed by atoms with Gasteiger partial charge in [0.2, 0.25) is 27.8 Å². The molecule has 0 saturated carbocycles. The number of fused-ring (bicyclic) bond motifs is 2. The van der Waals surface area contributed by atoms with Gasteiger partial charge in [-0.3, -0.25) is 43.5 Å². The molecule has 342 valence electrons. The number of imide groups is 2. The molecule has 3 fully saturated rings. The molecule has 5 aliphatic rings. The number of amides is 4. The van der Waals surface area contributed by atoms with Gasteiger partial charge in [-0.25, -0.2) is 13.4 Å². The zero-order valence-electron chi connectivity index (χ0n) is 36.4. The van der Waals surface area contributed by atoms with E-state index in [1.165, 1.54) is 10.6 Å². The molecule has 3 saturated heterocycles. The average Bonchev–Trinajstić information content (AvgIpc) is 3.85. The van der Waals surface area contributed by atoms with E-state index in [1.54, 1.807) is 31.5 Å². The summed E-state index contributed by atoms with van der Waals surface area (Å²) in [5, 5.41) is 8.90. The normalized spacial score (nSPS) is 19.6. The number of carbonyl (C=O) groups excluding carboxylic acids is 4. The molecule has 0 aliphatic carbocycles. The van der Waals surface area contributed by atoms with E-state index >= 15 is 0 Å². The molecule has 65 heavy (non-hydrogen) atoms. The van der Waals surface area contributed by atoms with E-state index in [2.05, 4.69) is 70.6 Å². The van der Waals surface area contributed by atoms with Crippen molar-refractivity contribution < 1.29 is 37.1 Å². The zero-order valence-corrected chi connectivity index (χ0v) is 38.8. The van der Waals surface area contributed by atoms with Crippen LogP contribution in [0.3, 0.4) is 0 Å². The van der Waals surface area contributed by atoms with Crippen LogP contribution < -0.4 is 34.6 Å². The number of anilines is 6. The number of para-hydroxylation sites is 1. The molecule has 9 rings (SSSR count). The topological polar surface area (TPSA) is 199 Å².